The van der Waals surface area contributed by atoms with Crippen LogP contribution in [0.15, 0.2) is 18.2 Å². The third kappa shape index (κ3) is 7.76. The summed E-state index contributed by atoms with van der Waals surface area (Å²) in [5, 5.41) is 5.80. The minimum atomic E-state index is -0.637. The highest BCUT2D eigenvalue weighted by Gasteiger charge is 2.44. The zero-order valence-corrected chi connectivity index (χ0v) is 23.0. The van der Waals surface area contributed by atoms with E-state index in [0.29, 0.717) is 36.9 Å². The van der Waals surface area contributed by atoms with E-state index < -0.39 is 12.1 Å². The molecule has 1 saturated carbocycles. The van der Waals surface area contributed by atoms with E-state index in [0.717, 1.165) is 18.4 Å². The highest BCUT2D eigenvalue weighted by atomic mass is 16.5. The summed E-state index contributed by atoms with van der Waals surface area (Å²) >= 11 is 0. The van der Waals surface area contributed by atoms with Crippen LogP contribution < -0.4 is 20.1 Å². The molecule has 2 aliphatic rings. The Labute approximate surface area is 221 Å². The number of nitrogens with one attached hydrogen (secondary N) is 2. The highest BCUT2D eigenvalue weighted by molar-refractivity contribution is 5.89. The van der Waals surface area contributed by atoms with E-state index >= 15 is 0 Å². The minimum absolute atomic E-state index is 0.101. The van der Waals surface area contributed by atoms with Gasteiger partial charge in [0.1, 0.15) is 17.5 Å². The molecule has 2 N–H and O–H groups in total. The number of hydrogen-bond donors (Lipinski definition) is 2. The van der Waals surface area contributed by atoms with E-state index in [1.54, 1.807) is 37.1 Å². The topological polar surface area (TPSA) is 100 Å². The number of nitrogens with zero attached hydrogens (tertiary/aromatic N) is 2. The molecule has 0 radical (unpaired) electrons. The molecule has 0 aromatic heterocycles. The van der Waals surface area contributed by atoms with E-state index in [1.165, 1.54) is 19.3 Å². The molecule has 0 spiro atoms. The lowest BCUT2D eigenvalue weighted by molar-refractivity contribution is -0.145. The lowest BCUT2D eigenvalue weighted by atomic mass is 9.89. The molecular weight excluding hydrogens is 472 g/mol. The van der Waals surface area contributed by atoms with Crippen molar-refractivity contribution in [3.63, 3.8) is 0 Å². The van der Waals surface area contributed by atoms with E-state index in [4.69, 9.17) is 9.47 Å². The maximum Gasteiger partial charge on any atom is 0.318 e. The Bertz CT molecular complexity index is 909. The summed E-state index contributed by atoms with van der Waals surface area (Å²) in [7, 11) is 4.77. The van der Waals surface area contributed by atoms with Gasteiger partial charge in [0.05, 0.1) is 20.3 Å². The number of amides is 4. The quantitative estimate of drug-likeness (QED) is 0.495. The highest BCUT2D eigenvalue weighted by Crippen LogP contribution is 2.29. The molecule has 9 nitrogen and oxygen atoms in total. The van der Waals surface area contributed by atoms with E-state index in [2.05, 4.69) is 10.6 Å². The molecular formula is C28H44N4O5. The van der Waals surface area contributed by atoms with Gasteiger partial charge in [-0.2, -0.15) is 0 Å². The zero-order chi connectivity index (χ0) is 26.9. The maximum atomic E-state index is 13.8. The Hall–Kier alpha value is -2.97. The van der Waals surface area contributed by atoms with Gasteiger partial charge in [-0.15, -0.1) is 0 Å². The number of carbonyl (C=O) groups is 3. The summed E-state index contributed by atoms with van der Waals surface area (Å²) < 4.78 is 10.8. The fraction of sp³-hybridized carbons (Fsp3) is 0.679. The zero-order valence-electron chi connectivity index (χ0n) is 23.0. The van der Waals surface area contributed by atoms with Gasteiger partial charge in [-0.05, 0) is 48.8 Å². The number of carbonyl (C=O) groups excluding carboxylic acids is 3. The molecule has 9 heteroatoms. The van der Waals surface area contributed by atoms with Gasteiger partial charge in [-0.1, -0.05) is 33.1 Å². The van der Waals surface area contributed by atoms with Crippen molar-refractivity contribution in [2.24, 2.45) is 11.8 Å². The van der Waals surface area contributed by atoms with Crippen molar-refractivity contribution in [1.29, 1.82) is 0 Å². The number of piperazine rings is 1. The molecule has 1 aliphatic carbocycles. The maximum absolute atomic E-state index is 13.8. The van der Waals surface area contributed by atoms with Crippen LogP contribution in [-0.2, 0) is 16.1 Å². The molecule has 37 heavy (non-hydrogen) atoms. The lowest BCUT2D eigenvalue weighted by Crippen LogP contribution is -2.65. The van der Waals surface area contributed by atoms with Crippen molar-refractivity contribution in [3.05, 3.63) is 23.8 Å². The Morgan fingerprint density at radius 2 is 1.70 bits per heavy atom. The number of urea groups is 1. The number of ether oxygens (including phenoxy) is 2. The van der Waals surface area contributed by atoms with Crippen LogP contribution in [0.4, 0.5) is 4.79 Å². The van der Waals surface area contributed by atoms with E-state index in [9.17, 15) is 14.4 Å². The summed E-state index contributed by atoms with van der Waals surface area (Å²) in [6.07, 6.45) is 6.54. The van der Waals surface area contributed by atoms with Gasteiger partial charge in [0.15, 0.2) is 0 Å². The summed E-state index contributed by atoms with van der Waals surface area (Å²) in [6.45, 7) is 5.31. The number of hydrogen-bond acceptors (Lipinski definition) is 5. The van der Waals surface area contributed by atoms with Crippen LogP contribution in [0.1, 0.15) is 64.4 Å². The smallest absolute Gasteiger partial charge is 0.318 e. The van der Waals surface area contributed by atoms with Gasteiger partial charge in [0, 0.05) is 39.2 Å². The van der Waals surface area contributed by atoms with Crippen molar-refractivity contribution in [3.8, 4) is 11.5 Å². The van der Waals surface area contributed by atoms with Gasteiger partial charge in [-0.3, -0.25) is 9.59 Å². The number of methoxy groups -OCH3 is 2. The molecule has 1 heterocycles. The fourth-order valence-corrected chi connectivity index (χ4v) is 5.50. The molecule has 1 aromatic rings. The van der Waals surface area contributed by atoms with Gasteiger partial charge in [0.25, 0.3) is 0 Å². The molecule has 4 amide bonds. The van der Waals surface area contributed by atoms with Gasteiger partial charge >= 0.3 is 6.03 Å². The Morgan fingerprint density at radius 3 is 2.27 bits per heavy atom. The third-order valence-corrected chi connectivity index (χ3v) is 7.44. The summed E-state index contributed by atoms with van der Waals surface area (Å²) in [5.74, 6) is 1.69. The first-order valence-corrected chi connectivity index (χ1v) is 13.5. The second-order valence-electron chi connectivity index (χ2n) is 10.7. The Morgan fingerprint density at radius 1 is 1.05 bits per heavy atom. The molecule has 0 unspecified atom stereocenters. The van der Waals surface area contributed by atoms with Crippen LogP contribution in [-0.4, -0.2) is 74.1 Å². The minimum Gasteiger partial charge on any atom is -0.497 e. The molecule has 2 fully saturated rings. The molecule has 1 aliphatic heterocycles. The molecule has 1 aromatic carbocycles. The van der Waals surface area contributed by atoms with Crippen molar-refractivity contribution in [1.82, 2.24) is 20.4 Å². The van der Waals surface area contributed by atoms with Crippen LogP contribution >= 0.6 is 0 Å². The fourth-order valence-electron chi connectivity index (χ4n) is 5.50. The van der Waals surface area contributed by atoms with E-state index in [-0.39, 0.29) is 36.7 Å². The first-order chi connectivity index (χ1) is 17.7. The molecule has 206 valence electrons. The normalized spacial score (nSPS) is 20.6. The Kier molecular flexibility index (Phi) is 10.5. The monoisotopic (exact) mass is 516 g/mol. The first kappa shape index (κ1) is 28.6. The number of benzene rings is 1. The van der Waals surface area contributed by atoms with Crippen molar-refractivity contribution in [2.45, 2.75) is 77.4 Å². The first-order valence-electron chi connectivity index (χ1n) is 13.5. The average molecular weight is 517 g/mol. The van der Waals surface area contributed by atoms with Crippen LogP contribution in [0.25, 0.3) is 0 Å². The largest absolute Gasteiger partial charge is 0.497 e. The summed E-state index contributed by atoms with van der Waals surface area (Å²) in [6, 6.07) is 4.23. The molecule has 2 atom stereocenters. The van der Waals surface area contributed by atoms with Crippen molar-refractivity contribution < 1.29 is 23.9 Å². The number of rotatable bonds is 10. The van der Waals surface area contributed by atoms with Gasteiger partial charge in [0.2, 0.25) is 11.8 Å². The van der Waals surface area contributed by atoms with Gasteiger partial charge < -0.3 is 29.9 Å². The van der Waals surface area contributed by atoms with Crippen molar-refractivity contribution in [2.75, 3.05) is 34.4 Å². The standard InChI is InChI=1S/C28H44N4O5/c1-19(2)11-25-27(34)31(17-21-12-23(36-4)15-24(13-21)37-5)18-22(14-26(33)29-3)32(25)28(35)30-16-20-9-7-6-8-10-20/h12-13,15,19-20,22,25H,6-11,14,16-18H2,1-5H3,(H,29,33)(H,30,35)/t22-,25-/m0/s1. The SMILES string of the molecule is CNC(=O)C[C@H]1CN(Cc2cc(OC)cc(OC)c2)C(=O)[C@H](CC(C)C)N1C(=O)NCC1CCCCC1. The predicted octanol–water partition coefficient (Wildman–Crippen LogP) is 3.56. The van der Waals surface area contributed by atoms with Crippen LogP contribution in [0.2, 0.25) is 0 Å². The van der Waals surface area contributed by atoms with Crippen LogP contribution in [0.3, 0.4) is 0 Å². The second kappa shape index (κ2) is 13.5. The molecule has 1 saturated heterocycles. The lowest BCUT2D eigenvalue weighted by Gasteiger charge is -2.46. The van der Waals surface area contributed by atoms with Crippen LogP contribution in [0.5, 0.6) is 11.5 Å². The van der Waals surface area contributed by atoms with E-state index in [1.807, 2.05) is 26.0 Å². The molecule has 0 bridgehead atoms. The average Bonchev–Trinajstić information content (AvgIpc) is 2.89. The second-order valence-corrected chi connectivity index (χ2v) is 10.7. The predicted molar refractivity (Wildman–Crippen MR) is 142 cm³/mol. The van der Waals surface area contributed by atoms with Gasteiger partial charge in [-0.25, -0.2) is 4.79 Å². The molecule has 3 rings (SSSR count). The summed E-state index contributed by atoms with van der Waals surface area (Å²) in [5.41, 5.74) is 0.863. The third-order valence-electron chi connectivity index (χ3n) is 7.44. The Balaban J connectivity index is 1.86. The summed E-state index contributed by atoms with van der Waals surface area (Å²) in [4.78, 5) is 43.3. The van der Waals surface area contributed by atoms with Crippen LogP contribution in [0, 0.1) is 11.8 Å². The van der Waals surface area contributed by atoms with Crippen molar-refractivity contribution >= 4 is 17.8 Å².